The van der Waals surface area contributed by atoms with E-state index in [1.807, 2.05) is 6.20 Å². The van der Waals surface area contributed by atoms with Crippen LogP contribution in [-0.2, 0) is 0 Å². The van der Waals surface area contributed by atoms with Crippen LogP contribution in [0.3, 0.4) is 0 Å². The van der Waals surface area contributed by atoms with Crippen molar-refractivity contribution in [3.8, 4) is 0 Å². The second kappa shape index (κ2) is 6.34. The average molecular weight is 295 g/mol. The molecule has 2 rings (SSSR count). The SMILES string of the molecule is CCC(C)(C)C1CCC(Nc2cc(C)cnc2Cl)CC1. The topological polar surface area (TPSA) is 24.9 Å². The minimum atomic E-state index is 0.480. The molecule has 1 aliphatic rings. The average Bonchev–Trinajstić information content (AvgIpc) is 2.43. The zero-order chi connectivity index (χ0) is 14.8. The molecule has 1 N–H and O–H groups in total. The highest BCUT2D eigenvalue weighted by molar-refractivity contribution is 6.31. The highest BCUT2D eigenvalue weighted by Crippen LogP contribution is 2.41. The van der Waals surface area contributed by atoms with Crippen molar-refractivity contribution in [2.45, 2.75) is 65.8 Å². The first-order valence-corrected chi connectivity index (χ1v) is 8.19. The molecule has 2 nitrogen and oxygen atoms in total. The van der Waals surface area contributed by atoms with Gasteiger partial charge in [0.05, 0.1) is 5.69 Å². The molecule has 0 unspecified atom stereocenters. The highest BCUT2D eigenvalue weighted by atomic mass is 35.5. The van der Waals surface area contributed by atoms with E-state index in [0.717, 1.165) is 17.2 Å². The number of pyridine rings is 1. The van der Waals surface area contributed by atoms with E-state index in [9.17, 15) is 0 Å². The lowest BCUT2D eigenvalue weighted by Crippen LogP contribution is -2.32. The fourth-order valence-electron chi connectivity index (χ4n) is 3.18. The summed E-state index contributed by atoms with van der Waals surface area (Å²) >= 11 is 6.17. The van der Waals surface area contributed by atoms with E-state index in [1.54, 1.807) is 0 Å². The second-order valence-electron chi connectivity index (χ2n) is 6.89. The summed E-state index contributed by atoms with van der Waals surface area (Å²) in [5, 5.41) is 4.17. The summed E-state index contributed by atoms with van der Waals surface area (Å²) in [6, 6.07) is 2.64. The van der Waals surface area contributed by atoms with Crippen molar-refractivity contribution in [2.24, 2.45) is 11.3 Å². The van der Waals surface area contributed by atoms with Crippen LogP contribution >= 0.6 is 11.6 Å². The summed E-state index contributed by atoms with van der Waals surface area (Å²) in [4.78, 5) is 4.21. The van der Waals surface area contributed by atoms with Gasteiger partial charge in [0, 0.05) is 12.2 Å². The predicted octanol–water partition coefficient (Wildman–Crippen LogP) is 5.45. The van der Waals surface area contributed by atoms with E-state index in [-0.39, 0.29) is 0 Å². The number of hydrogen-bond donors (Lipinski definition) is 1. The number of anilines is 1. The molecule has 1 heterocycles. The Hall–Kier alpha value is -0.760. The van der Waals surface area contributed by atoms with Gasteiger partial charge < -0.3 is 5.32 Å². The number of hydrogen-bond acceptors (Lipinski definition) is 2. The molecule has 1 aromatic rings. The molecule has 0 saturated heterocycles. The largest absolute Gasteiger partial charge is 0.380 e. The molecular formula is C17H27ClN2. The van der Waals surface area contributed by atoms with Crippen molar-refractivity contribution >= 4 is 17.3 Å². The van der Waals surface area contributed by atoms with Crippen LogP contribution in [0.5, 0.6) is 0 Å². The van der Waals surface area contributed by atoms with Gasteiger partial charge in [0.25, 0.3) is 0 Å². The molecule has 0 amide bonds. The maximum atomic E-state index is 6.17. The monoisotopic (exact) mass is 294 g/mol. The van der Waals surface area contributed by atoms with Crippen LogP contribution in [0.4, 0.5) is 5.69 Å². The molecule has 1 fully saturated rings. The zero-order valence-electron chi connectivity index (χ0n) is 13.2. The maximum absolute atomic E-state index is 6.17. The Kier molecular flexibility index (Phi) is 4.95. The Bertz CT molecular complexity index is 448. The second-order valence-corrected chi connectivity index (χ2v) is 7.24. The van der Waals surface area contributed by atoms with Crippen molar-refractivity contribution in [1.82, 2.24) is 4.98 Å². The van der Waals surface area contributed by atoms with Crippen LogP contribution in [0, 0.1) is 18.3 Å². The van der Waals surface area contributed by atoms with E-state index in [2.05, 4.69) is 44.1 Å². The number of halogens is 1. The smallest absolute Gasteiger partial charge is 0.152 e. The number of aromatic nitrogens is 1. The molecule has 3 heteroatoms. The van der Waals surface area contributed by atoms with Crippen molar-refractivity contribution in [3.63, 3.8) is 0 Å². The highest BCUT2D eigenvalue weighted by Gasteiger charge is 2.31. The van der Waals surface area contributed by atoms with Crippen molar-refractivity contribution in [1.29, 1.82) is 0 Å². The lowest BCUT2D eigenvalue weighted by molar-refractivity contribution is 0.147. The van der Waals surface area contributed by atoms with Crippen LogP contribution in [0.15, 0.2) is 12.3 Å². The third-order valence-corrected chi connectivity index (χ3v) is 5.38. The van der Waals surface area contributed by atoms with Gasteiger partial charge in [-0.15, -0.1) is 0 Å². The van der Waals surface area contributed by atoms with Crippen molar-refractivity contribution in [3.05, 3.63) is 23.0 Å². The van der Waals surface area contributed by atoms with Crippen LogP contribution < -0.4 is 5.32 Å². The molecule has 1 aromatic heterocycles. The molecule has 0 radical (unpaired) electrons. The Morgan fingerprint density at radius 1 is 1.30 bits per heavy atom. The van der Waals surface area contributed by atoms with E-state index < -0.39 is 0 Å². The van der Waals surface area contributed by atoms with Crippen LogP contribution in [0.2, 0.25) is 5.15 Å². The fraction of sp³-hybridized carbons (Fsp3) is 0.706. The minimum absolute atomic E-state index is 0.480. The number of nitrogens with zero attached hydrogens (tertiary/aromatic N) is 1. The van der Waals surface area contributed by atoms with E-state index >= 15 is 0 Å². The van der Waals surface area contributed by atoms with E-state index in [0.29, 0.717) is 16.6 Å². The molecule has 0 spiro atoms. The molecule has 20 heavy (non-hydrogen) atoms. The summed E-state index contributed by atoms with van der Waals surface area (Å²) in [5.74, 6) is 0.858. The Morgan fingerprint density at radius 3 is 2.55 bits per heavy atom. The standard InChI is InChI=1S/C17H27ClN2/c1-5-17(3,4)13-6-8-14(9-7-13)20-15-10-12(2)11-19-16(15)18/h10-11,13-14,20H,5-9H2,1-4H3. The Labute approximate surface area is 128 Å². The van der Waals surface area contributed by atoms with Crippen LogP contribution in [-0.4, -0.2) is 11.0 Å². The molecule has 112 valence electrons. The molecule has 0 aliphatic heterocycles. The molecular weight excluding hydrogens is 268 g/mol. The normalized spacial score (nSPS) is 23.6. The quantitative estimate of drug-likeness (QED) is 0.747. The first kappa shape index (κ1) is 15.6. The van der Waals surface area contributed by atoms with Crippen LogP contribution in [0.1, 0.15) is 58.4 Å². The molecule has 1 aliphatic carbocycles. The third kappa shape index (κ3) is 3.66. The van der Waals surface area contributed by atoms with Gasteiger partial charge in [-0.3, -0.25) is 0 Å². The molecule has 1 saturated carbocycles. The first-order valence-electron chi connectivity index (χ1n) is 7.81. The lowest BCUT2D eigenvalue weighted by atomic mass is 9.69. The maximum Gasteiger partial charge on any atom is 0.152 e. The van der Waals surface area contributed by atoms with Gasteiger partial charge >= 0.3 is 0 Å². The van der Waals surface area contributed by atoms with Crippen LogP contribution in [0.25, 0.3) is 0 Å². The van der Waals surface area contributed by atoms with Gasteiger partial charge in [0.1, 0.15) is 0 Å². The molecule has 0 aromatic carbocycles. The minimum Gasteiger partial charge on any atom is -0.380 e. The van der Waals surface area contributed by atoms with Gasteiger partial charge in [0.15, 0.2) is 5.15 Å². The summed E-state index contributed by atoms with van der Waals surface area (Å²) in [6.45, 7) is 9.18. The lowest BCUT2D eigenvalue weighted by Gasteiger charge is -2.39. The Morgan fingerprint density at radius 2 is 1.95 bits per heavy atom. The first-order chi connectivity index (χ1) is 9.42. The van der Waals surface area contributed by atoms with Gasteiger partial charge in [-0.25, -0.2) is 4.98 Å². The summed E-state index contributed by atoms with van der Waals surface area (Å²) in [6.07, 6.45) is 8.18. The van der Waals surface area contributed by atoms with Gasteiger partial charge in [-0.2, -0.15) is 0 Å². The van der Waals surface area contributed by atoms with Gasteiger partial charge in [0.2, 0.25) is 0 Å². The van der Waals surface area contributed by atoms with Crippen molar-refractivity contribution < 1.29 is 0 Å². The van der Waals surface area contributed by atoms with Gasteiger partial charge in [-0.05, 0) is 55.6 Å². The third-order valence-electron chi connectivity index (χ3n) is 5.08. The van der Waals surface area contributed by atoms with E-state index in [4.69, 9.17) is 11.6 Å². The molecule has 0 bridgehead atoms. The predicted molar refractivity (Wildman–Crippen MR) is 87.4 cm³/mol. The fourth-order valence-corrected chi connectivity index (χ4v) is 3.34. The summed E-state index contributed by atoms with van der Waals surface area (Å²) in [5.41, 5.74) is 2.62. The number of aryl methyl sites for hydroxylation is 1. The Balaban J connectivity index is 1.93. The molecule has 0 atom stereocenters. The number of nitrogens with one attached hydrogen (secondary N) is 1. The van der Waals surface area contributed by atoms with E-state index in [1.165, 1.54) is 32.1 Å². The summed E-state index contributed by atoms with van der Waals surface area (Å²) < 4.78 is 0. The van der Waals surface area contributed by atoms with Gasteiger partial charge in [-0.1, -0.05) is 38.8 Å². The summed E-state index contributed by atoms with van der Waals surface area (Å²) in [7, 11) is 0. The number of rotatable bonds is 4. The van der Waals surface area contributed by atoms with Crippen molar-refractivity contribution in [2.75, 3.05) is 5.32 Å². The zero-order valence-corrected chi connectivity index (χ0v) is 13.9.